The highest BCUT2D eigenvalue weighted by molar-refractivity contribution is 5.96. The molecule has 4 rings (SSSR count). The number of carbonyl (C=O) groups is 1. The van der Waals surface area contributed by atoms with Crippen molar-refractivity contribution in [2.45, 2.75) is 37.8 Å². The third kappa shape index (κ3) is 3.20. The fraction of sp³-hybridized carbons (Fsp3) is 0.300. The summed E-state index contributed by atoms with van der Waals surface area (Å²) in [6.07, 6.45) is 5.66. The van der Waals surface area contributed by atoms with Crippen molar-refractivity contribution < 1.29 is 18.7 Å². The van der Waals surface area contributed by atoms with E-state index in [9.17, 15) is 14.3 Å². The van der Waals surface area contributed by atoms with Crippen LogP contribution in [0.5, 0.6) is 0 Å². The Labute approximate surface area is 149 Å². The second-order valence-electron chi connectivity index (χ2n) is 6.67. The van der Waals surface area contributed by atoms with E-state index < -0.39 is 5.82 Å². The topological polar surface area (TPSA) is 75.4 Å². The van der Waals surface area contributed by atoms with Gasteiger partial charge in [0.05, 0.1) is 18.1 Å². The molecule has 0 bridgehead atoms. The smallest absolute Gasteiger partial charge is 0.251 e. The molecule has 0 aliphatic heterocycles. The minimum Gasteiger partial charge on any atom is -0.464 e. The van der Waals surface area contributed by atoms with Crippen molar-refractivity contribution in [1.82, 2.24) is 10.3 Å². The molecular formula is C20H19FN2O3. The van der Waals surface area contributed by atoms with Crippen molar-refractivity contribution in [3.63, 3.8) is 0 Å². The first kappa shape index (κ1) is 16.7. The van der Waals surface area contributed by atoms with E-state index in [2.05, 4.69) is 10.3 Å². The fourth-order valence-corrected chi connectivity index (χ4v) is 3.45. The molecule has 0 saturated heterocycles. The summed E-state index contributed by atoms with van der Waals surface area (Å²) in [4.78, 5) is 16.7. The van der Waals surface area contributed by atoms with Crippen LogP contribution in [0.2, 0.25) is 0 Å². The summed E-state index contributed by atoms with van der Waals surface area (Å²) in [5.74, 6) is -0.802. The SMILES string of the molecule is O=C(NC1CCC(O)CC1)c1ccc(-c2nccc3occc23)c(F)c1. The maximum Gasteiger partial charge on any atom is 0.251 e. The monoisotopic (exact) mass is 354 g/mol. The number of rotatable bonds is 3. The Balaban J connectivity index is 1.56. The highest BCUT2D eigenvalue weighted by Gasteiger charge is 2.22. The average Bonchev–Trinajstić information content (AvgIpc) is 3.12. The summed E-state index contributed by atoms with van der Waals surface area (Å²) in [7, 11) is 0. The molecule has 2 N–H and O–H groups in total. The van der Waals surface area contributed by atoms with Gasteiger partial charge in [-0.2, -0.15) is 0 Å². The first-order valence-electron chi connectivity index (χ1n) is 8.73. The molecule has 1 aromatic carbocycles. The van der Waals surface area contributed by atoms with Gasteiger partial charge >= 0.3 is 0 Å². The third-order valence-electron chi connectivity index (χ3n) is 4.90. The molecule has 3 aromatic rings. The van der Waals surface area contributed by atoms with Crippen LogP contribution in [0, 0.1) is 5.82 Å². The van der Waals surface area contributed by atoms with Gasteiger partial charge in [0, 0.05) is 28.8 Å². The minimum absolute atomic E-state index is 0.0231. The van der Waals surface area contributed by atoms with Gasteiger partial charge in [-0.25, -0.2) is 4.39 Å². The van der Waals surface area contributed by atoms with Crippen LogP contribution in [0.4, 0.5) is 4.39 Å². The van der Waals surface area contributed by atoms with E-state index in [1.54, 1.807) is 30.5 Å². The van der Waals surface area contributed by atoms with E-state index in [0.29, 0.717) is 29.7 Å². The van der Waals surface area contributed by atoms with E-state index in [4.69, 9.17) is 4.42 Å². The van der Waals surface area contributed by atoms with E-state index in [1.807, 2.05) is 0 Å². The second-order valence-corrected chi connectivity index (χ2v) is 6.67. The van der Waals surface area contributed by atoms with Crippen molar-refractivity contribution in [3.8, 4) is 11.3 Å². The summed E-state index contributed by atoms with van der Waals surface area (Å²) in [6, 6.07) is 7.91. The first-order valence-corrected chi connectivity index (χ1v) is 8.73. The molecule has 26 heavy (non-hydrogen) atoms. The average molecular weight is 354 g/mol. The lowest BCUT2D eigenvalue weighted by Gasteiger charge is -2.26. The molecule has 2 aromatic heterocycles. The van der Waals surface area contributed by atoms with Crippen LogP contribution < -0.4 is 5.32 Å². The number of hydrogen-bond acceptors (Lipinski definition) is 4. The van der Waals surface area contributed by atoms with Crippen LogP contribution in [0.15, 0.2) is 47.2 Å². The Hall–Kier alpha value is -2.73. The Morgan fingerprint density at radius 2 is 2.00 bits per heavy atom. The van der Waals surface area contributed by atoms with Crippen molar-refractivity contribution in [1.29, 1.82) is 0 Å². The summed E-state index contributed by atoms with van der Waals surface area (Å²) in [5, 5.41) is 13.2. The van der Waals surface area contributed by atoms with Crippen molar-refractivity contribution >= 4 is 16.9 Å². The number of aliphatic hydroxyl groups excluding tert-OH is 1. The van der Waals surface area contributed by atoms with E-state index in [0.717, 1.165) is 18.2 Å². The first-order chi connectivity index (χ1) is 12.6. The zero-order valence-corrected chi connectivity index (χ0v) is 14.1. The van der Waals surface area contributed by atoms with E-state index in [-0.39, 0.29) is 23.6 Å². The van der Waals surface area contributed by atoms with Crippen molar-refractivity contribution in [2.24, 2.45) is 0 Å². The molecule has 1 aliphatic carbocycles. The lowest BCUT2D eigenvalue weighted by molar-refractivity contribution is 0.0867. The van der Waals surface area contributed by atoms with Crippen LogP contribution in [0.1, 0.15) is 36.0 Å². The Morgan fingerprint density at radius 1 is 1.19 bits per heavy atom. The van der Waals surface area contributed by atoms with Crippen molar-refractivity contribution in [3.05, 3.63) is 54.2 Å². The molecule has 5 nitrogen and oxygen atoms in total. The molecule has 0 spiro atoms. The molecular weight excluding hydrogens is 335 g/mol. The number of aromatic nitrogens is 1. The summed E-state index contributed by atoms with van der Waals surface area (Å²) >= 11 is 0. The number of nitrogens with zero attached hydrogens (tertiary/aromatic N) is 1. The zero-order chi connectivity index (χ0) is 18.1. The third-order valence-corrected chi connectivity index (χ3v) is 4.90. The van der Waals surface area contributed by atoms with Crippen LogP contribution in [-0.4, -0.2) is 28.1 Å². The normalized spacial score (nSPS) is 20.2. The number of aliphatic hydroxyl groups is 1. The van der Waals surface area contributed by atoms with Gasteiger partial charge in [-0.05, 0) is 56.0 Å². The van der Waals surface area contributed by atoms with Gasteiger partial charge in [-0.15, -0.1) is 0 Å². The van der Waals surface area contributed by atoms with Gasteiger partial charge in [-0.1, -0.05) is 0 Å². The highest BCUT2D eigenvalue weighted by atomic mass is 19.1. The Bertz CT molecular complexity index is 945. The highest BCUT2D eigenvalue weighted by Crippen LogP contribution is 2.29. The molecule has 1 aliphatic rings. The molecule has 0 atom stereocenters. The number of furan rings is 1. The van der Waals surface area contributed by atoms with Gasteiger partial charge < -0.3 is 14.8 Å². The summed E-state index contributed by atoms with van der Waals surface area (Å²) in [5.41, 5.74) is 1.73. The second kappa shape index (κ2) is 6.88. The largest absolute Gasteiger partial charge is 0.464 e. The zero-order valence-electron chi connectivity index (χ0n) is 14.1. The number of carbonyl (C=O) groups excluding carboxylic acids is 1. The predicted octanol–water partition coefficient (Wildman–Crippen LogP) is 3.67. The number of fused-ring (bicyclic) bond motifs is 1. The molecule has 0 radical (unpaired) electrons. The van der Waals surface area contributed by atoms with Gasteiger partial charge in [0.2, 0.25) is 0 Å². The van der Waals surface area contributed by atoms with Crippen LogP contribution in [-0.2, 0) is 0 Å². The van der Waals surface area contributed by atoms with Gasteiger partial charge in [0.15, 0.2) is 0 Å². The molecule has 0 unspecified atom stereocenters. The lowest BCUT2D eigenvalue weighted by atomic mass is 9.93. The number of benzene rings is 1. The summed E-state index contributed by atoms with van der Waals surface area (Å²) in [6.45, 7) is 0. The summed E-state index contributed by atoms with van der Waals surface area (Å²) < 4.78 is 20.0. The molecule has 1 fully saturated rings. The van der Waals surface area contributed by atoms with E-state index in [1.165, 1.54) is 12.3 Å². The van der Waals surface area contributed by atoms with Crippen LogP contribution in [0.25, 0.3) is 22.2 Å². The number of amides is 1. The van der Waals surface area contributed by atoms with Gasteiger partial charge in [-0.3, -0.25) is 9.78 Å². The number of halogens is 1. The fourth-order valence-electron chi connectivity index (χ4n) is 3.45. The van der Waals surface area contributed by atoms with Crippen molar-refractivity contribution in [2.75, 3.05) is 0 Å². The maximum absolute atomic E-state index is 14.7. The number of nitrogens with one attached hydrogen (secondary N) is 1. The minimum atomic E-state index is -0.502. The van der Waals surface area contributed by atoms with Gasteiger partial charge in [0.1, 0.15) is 11.4 Å². The molecule has 1 saturated carbocycles. The number of hydrogen-bond donors (Lipinski definition) is 2. The van der Waals surface area contributed by atoms with E-state index >= 15 is 0 Å². The molecule has 2 heterocycles. The Kier molecular flexibility index (Phi) is 4.42. The Morgan fingerprint density at radius 3 is 2.77 bits per heavy atom. The molecule has 134 valence electrons. The predicted molar refractivity (Wildman–Crippen MR) is 95.1 cm³/mol. The molecule has 1 amide bonds. The lowest BCUT2D eigenvalue weighted by Crippen LogP contribution is -2.38. The van der Waals surface area contributed by atoms with Gasteiger partial charge in [0.25, 0.3) is 5.91 Å². The van der Waals surface area contributed by atoms with Crippen LogP contribution in [0.3, 0.4) is 0 Å². The van der Waals surface area contributed by atoms with Crippen LogP contribution >= 0.6 is 0 Å². The molecule has 6 heteroatoms. The maximum atomic E-state index is 14.7. The number of pyridine rings is 1. The quantitative estimate of drug-likeness (QED) is 0.753. The standard InChI is InChI=1S/C20H19FN2O3/c21-17-11-12(20(25)23-13-2-4-14(24)5-3-13)1-6-15(17)19-16-8-10-26-18(16)7-9-22-19/h1,6-11,13-14,24H,2-5H2,(H,23,25).